The average Bonchev–Trinajstić information content (AvgIpc) is 3.14. The summed E-state index contributed by atoms with van der Waals surface area (Å²) in [6.45, 7) is 5.89. The van der Waals surface area contributed by atoms with E-state index >= 15 is 0 Å². The lowest BCUT2D eigenvalue weighted by molar-refractivity contribution is -0.123. The zero-order chi connectivity index (χ0) is 18.7. The minimum atomic E-state index is -3.40. The van der Waals surface area contributed by atoms with Gasteiger partial charge in [-0.1, -0.05) is 24.3 Å². The second kappa shape index (κ2) is 8.04. The summed E-state index contributed by atoms with van der Waals surface area (Å²) < 4.78 is 32.2. The molecule has 0 radical (unpaired) electrons. The molecule has 1 aromatic rings. The van der Waals surface area contributed by atoms with E-state index in [0.29, 0.717) is 39.3 Å². The largest absolute Gasteiger partial charge is 0.379 e. The summed E-state index contributed by atoms with van der Waals surface area (Å²) in [7, 11) is -3.40. The quantitative estimate of drug-likeness (QED) is 0.778. The van der Waals surface area contributed by atoms with E-state index in [0.717, 1.165) is 11.1 Å². The highest BCUT2D eigenvalue weighted by atomic mass is 32.2. The summed E-state index contributed by atoms with van der Waals surface area (Å²) in [6.07, 6.45) is 0.298. The van der Waals surface area contributed by atoms with Gasteiger partial charge in [0, 0.05) is 19.6 Å². The van der Waals surface area contributed by atoms with E-state index in [-0.39, 0.29) is 11.9 Å². The van der Waals surface area contributed by atoms with E-state index < -0.39 is 21.3 Å². The Morgan fingerprint density at radius 2 is 2.00 bits per heavy atom. The van der Waals surface area contributed by atoms with Gasteiger partial charge in [-0.3, -0.25) is 4.79 Å². The monoisotopic (exact) mass is 381 g/mol. The molecule has 26 heavy (non-hydrogen) atoms. The first-order valence-corrected chi connectivity index (χ1v) is 10.6. The first-order chi connectivity index (χ1) is 12.4. The first kappa shape index (κ1) is 19.3. The number of ether oxygens (including phenoxy) is 1. The third-order valence-electron chi connectivity index (χ3n) is 5.17. The van der Waals surface area contributed by atoms with Crippen molar-refractivity contribution in [2.24, 2.45) is 0 Å². The Bertz CT molecular complexity index is 747. The summed E-state index contributed by atoms with van der Waals surface area (Å²) in [5.74, 6) is -0.152. The Morgan fingerprint density at radius 1 is 1.31 bits per heavy atom. The summed E-state index contributed by atoms with van der Waals surface area (Å²) in [5, 5.41) is 5.51. The molecule has 0 bridgehead atoms. The minimum absolute atomic E-state index is 0.125. The van der Waals surface area contributed by atoms with E-state index in [9.17, 15) is 13.2 Å². The molecule has 3 unspecified atom stereocenters. The topological polar surface area (TPSA) is 87.7 Å². The Balaban J connectivity index is 1.59. The number of nitrogens with zero attached hydrogens (tertiary/aromatic N) is 1. The third kappa shape index (κ3) is 4.09. The third-order valence-corrected chi connectivity index (χ3v) is 7.46. The fourth-order valence-electron chi connectivity index (χ4n) is 3.61. The predicted octanol–water partition coefficient (Wildman–Crippen LogP) is 0.565. The number of nitrogens with one attached hydrogen (secondary N) is 2. The second-order valence-corrected chi connectivity index (χ2v) is 9.17. The Morgan fingerprint density at radius 3 is 2.69 bits per heavy atom. The lowest BCUT2D eigenvalue weighted by Gasteiger charge is -2.28. The fourth-order valence-corrected chi connectivity index (χ4v) is 5.43. The van der Waals surface area contributed by atoms with E-state index in [1.165, 1.54) is 4.31 Å². The second-order valence-electron chi connectivity index (χ2n) is 6.96. The molecule has 2 aliphatic heterocycles. The predicted molar refractivity (Wildman–Crippen MR) is 99.2 cm³/mol. The van der Waals surface area contributed by atoms with Gasteiger partial charge in [-0.2, -0.15) is 4.31 Å². The van der Waals surface area contributed by atoms with Crippen LogP contribution >= 0.6 is 0 Å². The lowest BCUT2D eigenvalue weighted by atomic mass is 10.0. The number of sulfonamides is 1. The molecule has 2 N–H and O–H groups in total. The van der Waals surface area contributed by atoms with Crippen LogP contribution in [-0.2, 0) is 19.6 Å². The van der Waals surface area contributed by atoms with Crippen LogP contribution < -0.4 is 10.6 Å². The molecular formula is C18H27N3O4S. The van der Waals surface area contributed by atoms with Crippen LogP contribution in [0.5, 0.6) is 0 Å². The maximum Gasteiger partial charge on any atom is 0.237 e. The van der Waals surface area contributed by atoms with Gasteiger partial charge in [0.1, 0.15) is 0 Å². The molecule has 0 aliphatic carbocycles. The maximum absolute atomic E-state index is 12.7. The van der Waals surface area contributed by atoms with Crippen LogP contribution in [0.15, 0.2) is 24.3 Å². The molecule has 3 atom stereocenters. The number of hydrogen-bond donors (Lipinski definition) is 2. The number of carbonyl (C=O) groups excluding carboxylic acids is 1. The number of amides is 1. The Labute approximate surface area is 155 Å². The average molecular weight is 381 g/mol. The molecule has 2 aliphatic rings. The molecule has 7 nitrogen and oxygen atoms in total. The Kier molecular flexibility index (Phi) is 5.96. The highest BCUT2D eigenvalue weighted by Crippen LogP contribution is 2.22. The molecular weight excluding hydrogens is 354 g/mol. The summed E-state index contributed by atoms with van der Waals surface area (Å²) in [6, 6.07) is 7.31. The van der Waals surface area contributed by atoms with Gasteiger partial charge in [0.2, 0.25) is 15.9 Å². The van der Waals surface area contributed by atoms with E-state index in [1.807, 2.05) is 38.1 Å². The zero-order valence-corrected chi connectivity index (χ0v) is 16.1. The first-order valence-electron chi connectivity index (χ1n) is 9.05. The van der Waals surface area contributed by atoms with Crippen molar-refractivity contribution < 1.29 is 17.9 Å². The van der Waals surface area contributed by atoms with Crippen molar-refractivity contribution in [3.63, 3.8) is 0 Å². The summed E-state index contributed by atoms with van der Waals surface area (Å²) in [4.78, 5) is 12.6. The highest BCUT2D eigenvalue weighted by molar-refractivity contribution is 7.89. The fraction of sp³-hybridized carbons (Fsp3) is 0.611. The van der Waals surface area contributed by atoms with Gasteiger partial charge in [0.15, 0.2) is 0 Å². The molecule has 3 rings (SSSR count). The normalized spacial score (nSPS) is 25.8. The molecule has 0 aromatic heterocycles. The molecule has 2 heterocycles. The maximum atomic E-state index is 12.7. The van der Waals surface area contributed by atoms with Crippen molar-refractivity contribution in [1.29, 1.82) is 0 Å². The molecule has 2 fully saturated rings. The van der Waals surface area contributed by atoms with Crippen LogP contribution in [0.1, 0.15) is 30.5 Å². The molecule has 1 aromatic carbocycles. The van der Waals surface area contributed by atoms with Gasteiger partial charge >= 0.3 is 0 Å². The smallest absolute Gasteiger partial charge is 0.237 e. The van der Waals surface area contributed by atoms with Gasteiger partial charge in [0.05, 0.1) is 30.5 Å². The van der Waals surface area contributed by atoms with Crippen molar-refractivity contribution in [2.75, 3.05) is 32.8 Å². The van der Waals surface area contributed by atoms with E-state index in [1.54, 1.807) is 0 Å². The molecule has 144 valence electrons. The molecule has 0 saturated carbocycles. The van der Waals surface area contributed by atoms with Gasteiger partial charge in [-0.15, -0.1) is 0 Å². The van der Waals surface area contributed by atoms with Crippen molar-refractivity contribution in [3.05, 3.63) is 35.4 Å². The van der Waals surface area contributed by atoms with Gasteiger partial charge in [-0.25, -0.2) is 8.42 Å². The van der Waals surface area contributed by atoms with Gasteiger partial charge in [0.25, 0.3) is 0 Å². The number of morpholine rings is 1. The van der Waals surface area contributed by atoms with E-state index in [4.69, 9.17) is 4.74 Å². The van der Waals surface area contributed by atoms with Crippen LogP contribution in [0.2, 0.25) is 0 Å². The standard InChI is InChI=1S/C18H27N3O4S/c1-13-5-3-4-6-16(13)14(2)20-18(22)17-11-15(12-19-17)26(23,24)21-7-9-25-10-8-21/h3-6,14-15,17,19H,7-12H2,1-2H3,(H,20,22). The highest BCUT2D eigenvalue weighted by Gasteiger charge is 2.40. The Hall–Kier alpha value is -1.48. The number of rotatable bonds is 5. The van der Waals surface area contributed by atoms with Crippen molar-refractivity contribution in [2.45, 2.75) is 37.6 Å². The minimum Gasteiger partial charge on any atom is -0.379 e. The number of hydrogen-bond acceptors (Lipinski definition) is 5. The van der Waals surface area contributed by atoms with Crippen LogP contribution in [0.25, 0.3) is 0 Å². The zero-order valence-electron chi connectivity index (χ0n) is 15.3. The number of aryl methyl sites for hydroxylation is 1. The van der Waals surface area contributed by atoms with E-state index in [2.05, 4.69) is 10.6 Å². The molecule has 2 saturated heterocycles. The van der Waals surface area contributed by atoms with Crippen molar-refractivity contribution in [3.8, 4) is 0 Å². The number of benzene rings is 1. The number of carbonyl (C=O) groups is 1. The van der Waals surface area contributed by atoms with Crippen LogP contribution in [-0.4, -0.2) is 62.8 Å². The van der Waals surface area contributed by atoms with Crippen LogP contribution in [0.4, 0.5) is 0 Å². The summed E-state index contributed by atoms with van der Waals surface area (Å²) in [5.41, 5.74) is 2.18. The van der Waals surface area contributed by atoms with Crippen LogP contribution in [0.3, 0.4) is 0 Å². The van der Waals surface area contributed by atoms with Crippen molar-refractivity contribution >= 4 is 15.9 Å². The SMILES string of the molecule is Cc1ccccc1C(C)NC(=O)C1CC(S(=O)(=O)N2CCOCC2)CN1. The van der Waals surface area contributed by atoms with Gasteiger partial charge in [-0.05, 0) is 31.4 Å². The van der Waals surface area contributed by atoms with Gasteiger partial charge < -0.3 is 15.4 Å². The molecule has 8 heteroatoms. The van der Waals surface area contributed by atoms with Crippen LogP contribution in [0, 0.1) is 6.92 Å². The summed E-state index contributed by atoms with van der Waals surface area (Å²) >= 11 is 0. The lowest BCUT2D eigenvalue weighted by Crippen LogP contribution is -2.45. The molecule has 1 amide bonds. The molecule has 0 spiro atoms. The van der Waals surface area contributed by atoms with Crippen molar-refractivity contribution in [1.82, 2.24) is 14.9 Å².